The van der Waals surface area contributed by atoms with Gasteiger partial charge in [0.1, 0.15) is 11.3 Å². The van der Waals surface area contributed by atoms with Crippen LogP contribution in [0.15, 0.2) is 66.2 Å². The average molecular weight is 429 g/mol. The summed E-state index contributed by atoms with van der Waals surface area (Å²) >= 11 is 0. The second-order valence-electron chi connectivity index (χ2n) is 7.55. The summed E-state index contributed by atoms with van der Waals surface area (Å²) in [5.41, 5.74) is 4.20. The van der Waals surface area contributed by atoms with Crippen LogP contribution in [-0.4, -0.2) is 34.4 Å². The first kappa shape index (κ1) is 21.1. The van der Waals surface area contributed by atoms with E-state index in [0.717, 1.165) is 38.9 Å². The number of benzene rings is 2. The molecular formula is C25H23N3O4. The number of nitrogens with one attached hydrogen (secondary N) is 1. The molecule has 4 rings (SSSR count). The Morgan fingerprint density at radius 3 is 2.31 bits per heavy atom. The molecule has 1 N–H and O–H groups in total. The fourth-order valence-corrected chi connectivity index (χ4v) is 3.82. The summed E-state index contributed by atoms with van der Waals surface area (Å²) in [6.07, 6.45) is 1.55. The fraction of sp³-hybridized carbons (Fsp3) is 0.160. The molecule has 0 saturated carbocycles. The molecule has 2 heterocycles. The number of methoxy groups -OCH3 is 1. The minimum absolute atomic E-state index is 0.0736. The quantitative estimate of drug-likeness (QED) is 0.495. The lowest BCUT2D eigenvalue weighted by molar-refractivity contribution is -0.130. The van der Waals surface area contributed by atoms with E-state index in [-0.39, 0.29) is 12.1 Å². The van der Waals surface area contributed by atoms with E-state index in [1.54, 1.807) is 13.2 Å². The zero-order chi connectivity index (χ0) is 22.8. The van der Waals surface area contributed by atoms with Gasteiger partial charge in [-0.1, -0.05) is 30.3 Å². The normalized spacial score (nSPS) is 15.3. The van der Waals surface area contributed by atoms with Crippen LogP contribution in [0.3, 0.4) is 0 Å². The van der Waals surface area contributed by atoms with E-state index in [2.05, 4.69) is 5.32 Å². The molecule has 3 aromatic rings. The molecule has 0 spiro atoms. The largest absolute Gasteiger partial charge is 0.497 e. The second kappa shape index (κ2) is 8.55. The van der Waals surface area contributed by atoms with Crippen molar-refractivity contribution in [2.45, 2.75) is 20.4 Å². The second-order valence-corrected chi connectivity index (χ2v) is 7.55. The van der Waals surface area contributed by atoms with Crippen LogP contribution in [0.25, 0.3) is 11.8 Å². The number of barbiturate groups is 1. The van der Waals surface area contributed by atoms with E-state index >= 15 is 0 Å². The number of amides is 4. The first-order valence-electron chi connectivity index (χ1n) is 10.1. The Balaban J connectivity index is 1.68. The monoisotopic (exact) mass is 429 g/mol. The molecule has 7 nitrogen and oxygen atoms in total. The summed E-state index contributed by atoms with van der Waals surface area (Å²) in [6.45, 7) is 3.95. The van der Waals surface area contributed by atoms with Gasteiger partial charge in [-0.05, 0) is 61.4 Å². The summed E-state index contributed by atoms with van der Waals surface area (Å²) < 4.78 is 7.25. The molecule has 162 valence electrons. The molecule has 1 aromatic heterocycles. The minimum Gasteiger partial charge on any atom is -0.497 e. The van der Waals surface area contributed by atoms with Crippen molar-refractivity contribution >= 4 is 23.9 Å². The van der Waals surface area contributed by atoms with Crippen LogP contribution in [0.4, 0.5) is 4.79 Å². The van der Waals surface area contributed by atoms with Crippen molar-refractivity contribution in [3.05, 3.63) is 88.8 Å². The number of aryl methyl sites for hydroxylation is 1. The van der Waals surface area contributed by atoms with Crippen LogP contribution in [0.5, 0.6) is 5.75 Å². The Bertz CT molecular complexity index is 1220. The van der Waals surface area contributed by atoms with Gasteiger partial charge in [-0.15, -0.1) is 0 Å². The molecule has 0 atom stereocenters. The number of carbonyl (C=O) groups is 3. The van der Waals surface area contributed by atoms with Gasteiger partial charge in [0.15, 0.2) is 0 Å². The number of ether oxygens (including phenoxy) is 1. The zero-order valence-corrected chi connectivity index (χ0v) is 18.1. The third kappa shape index (κ3) is 3.92. The number of rotatable bonds is 5. The standard InChI is InChI=1S/C25H23N3O4/c1-16-13-19(17(2)28(16)20-9-11-21(32-3)12-10-20)14-22-23(29)26-25(31)27(24(22)30)15-18-7-5-4-6-8-18/h4-14H,15H2,1-3H3,(H,26,29,31)/b22-14+. The highest BCUT2D eigenvalue weighted by Gasteiger charge is 2.35. The van der Waals surface area contributed by atoms with Gasteiger partial charge in [0, 0.05) is 17.1 Å². The van der Waals surface area contributed by atoms with Crippen LogP contribution in [0.1, 0.15) is 22.5 Å². The van der Waals surface area contributed by atoms with Gasteiger partial charge in [0.2, 0.25) is 0 Å². The maximum absolute atomic E-state index is 13.1. The van der Waals surface area contributed by atoms with Gasteiger partial charge in [0.25, 0.3) is 11.8 Å². The molecule has 1 aliphatic rings. The number of hydrogen-bond donors (Lipinski definition) is 1. The summed E-state index contributed by atoms with van der Waals surface area (Å²) in [5, 5.41) is 2.27. The molecule has 2 aromatic carbocycles. The molecule has 0 aliphatic carbocycles. The lowest BCUT2D eigenvalue weighted by Gasteiger charge is -2.26. The van der Waals surface area contributed by atoms with Crippen LogP contribution in [-0.2, 0) is 16.1 Å². The van der Waals surface area contributed by atoms with E-state index in [0.29, 0.717) is 0 Å². The van der Waals surface area contributed by atoms with Gasteiger partial charge in [0.05, 0.1) is 13.7 Å². The molecule has 7 heteroatoms. The molecule has 1 saturated heterocycles. The average Bonchev–Trinajstić information content (AvgIpc) is 3.07. The first-order chi connectivity index (χ1) is 15.4. The molecule has 1 fully saturated rings. The Morgan fingerprint density at radius 1 is 0.969 bits per heavy atom. The fourth-order valence-electron chi connectivity index (χ4n) is 3.82. The van der Waals surface area contributed by atoms with Gasteiger partial charge in [-0.3, -0.25) is 19.8 Å². The van der Waals surface area contributed by atoms with E-state index < -0.39 is 17.8 Å². The van der Waals surface area contributed by atoms with Gasteiger partial charge in [-0.25, -0.2) is 4.79 Å². The van der Waals surface area contributed by atoms with Crippen LogP contribution in [0.2, 0.25) is 0 Å². The predicted octanol–water partition coefficient (Wildman–Crippen LogP) is 3.76. The number of imide groups is 2. The van der Waals surface area contributed by atoms with E-state index in [4.69, 9.17) is 4.74 Å². The molecule has 0 radical (unpaired) electrons. The van der Waals surface area contributed by atoms with Crippen LogP contribution in [0, 0.1) is 13.8 Å². The van der Waals surface area contributed by atoms with Crippen molar-refractivity contribution in [3.63, 3.8) is 0 Å². The van der Waals surface area contributed by atoms with E-state index in [1.165, 1.54) is 0 Å². The van der Waals surface area contributed by atoms with Crippen molar-refractivity contribution in [1.82, 2.24) is 14.8 Å². The highest BCUT2D eigenvalue weighted by Crippen LogP contribution is 2.25. The lowest BCUT2D eigenvalue weighted by atomic mass is 10.1. The smallest absolute Gasteiger partial charge is 0.331 e. The number of hydrogen-bond acceptors (Lipinski definition) is 4. The molecule has 4 amide bonds. The van der Waals surface area contributed by atoms with Crippen LogP contribution < -0.4 is 10.1 Å². The number of urea groups is 1. The van der Waals surface area contributed by atoms with E-state index in [9.17, 15) is 14.4 Å². The summed E-state index contributed by atoms with van der Waals surface area (Å²) in [4.78, 5) is 38.9. The Hall–Kier alpha value is -4.13. The predicted molar refractivity (Wildman–Crippen MR) is 120 cm³/mol. The highest BCUT2D eigenvalue weighted by atomic mass is 16.5. The van der Waals surface area contributed by atoms with E-state index in [1.807, 2.05) is 79.1 Å². The third-order valence-electron chi connectivity index (χ3n) is 5.47. The van der Waals surface area contributed by atoms with Crippen molar-refractivity contribution in [1.29, 1.82) is 0 Å². The molecular weight excluding hydrogens is 406 g/mol. The van der Waals surface area contributed by atoms with Gasteiger partial charge in [-0.2, -0.15) is 0 Å². The first-order valence-corrected chi connectivity index (χ1v) is 10.1. The maximum Gasteiger partial charge on any atom is 0.331 e. The molecule has 32 heavy (non-hydrogen) atoms. The van der Waals surface area contributed by atoms with Crippen molar-refractivity contribution < 1.29 is 19.1 Å². The lowest BCUT2D eigenvalue weighted by Crippen LogP contribution is -2.53. The number of nitrogens with zero attached hydrogens (tertiary/aromatic N) is 2. The Morgan fingerprint density at radius 2 is 1.66 bits per heavy atom. The topological polar surface area (TPSA) is 80.6 Å². The van der Waals surface area contributed by atoms with Crippen molar-refractivity contribution in [3.8, 4) is 11.4 Å². The minimum atomic E-state index is -0.718. The summed E-state index contributed by atoms with van der Waals surface area (Å²) in [5.74, 6) is -0.554. The number of carbonyl (C=O) groups excluding carboxylic acids is 3. The maximum atomic E-state index is 13.1. The number of aromatic nitrogens is 1. The van der Waals surface area contributed by atoms with Crippen molar-refractivity contribution in [2.75, 3.05) is 7.11 Å². The SMILES string of the molecule is COc1ccc(-n2c(C)cc(/C=C3\C(=O)NC(=O)N(Cc4ccccc4)C3=O)c2C)cc1. The molecule has 1 aliphatic heterocycles. The van der Waals surface area contributed by atoms with Gasteiger partial charge < -0.3 is 9.30 Å². The summed E-state index contributed by atoms with van der Waals surface area (Å²) in [7, 11) is 1.61. The van der Waals surface area contributed by atoms with Crippen molar-refractivity contribution in [2.24, 2.45) is 0 Å². The molecule has 0 unspecified atom stereocenters. The highest BCUT2D eigenvalue weighted by molar-refractivity contribution is 6.31. The summed E-state index contributed by atoms with van der Waals surface area (Å²) in [6, 6.07) is 18.0. The molecule has 0 bridgehead atoms. The van der Waals surface area contributed by atoms with Gasteiger partial charge >= 0.3 is 6.03 Å². The van der Waals surface area contributed by atoms with Crippen LogP contribution >= 0.6 is 0 Å². The Kier molecular flexibility index (Phi) is 5.64. The zero-order valence-electron chi connectivity index (χ0n) is 18.1. The Labute approximate surface area is 185 Å². The third-order valence-corrected chi connectivity index (χ3v) is 5.47.